The zero-order chi connectivity index (χ0) is 13.2. The third-order valence-corrected chi connectivity index (χ3v) is 4.89. The molecule has 102 valence electrons. The molecule has 2 N–H and O–H groups in total. The topological polar surface area (TPSA) is 84.2 Å². The first-order valence-corrected chi connectivity index (χ1v) is 7.63. The summed E-state index contributed by atoms with van der Waals surface area (Å²) in [6.45, 7) is 0.0280. The van der Waals surface area contributed by atoms with Gasteiger partial charge in [-0.3, -0.25) is 4.68 Å². The summed E-state index contributed by atoms with van der Waals surface area (Å²) in [6.07, 6.45) is 6.51. The quantitative estimate of drug-likeness (QED) is 0.823. The van der Waals surface area contributed by atoms with Crippen molar-refractivity contribution in [1.29, 1.82) is 0 Å². The van der Waals surface area contributed by atoms with Gasteiger partial charge in [0.1, 0.15) is 4.90 Å². The maximum Gasteiger partial charge on any atom is 0.243 e. The van der Waals surface area contributed by atoms with Gasteiger partial charge < -0.3 is 5.11 Å². The minimum Gasteiger partial charge on any atom is -0.396 e. The summed E-state index contributed by atoms with van der Waals surface area (Å²) in [4.78, 5) is 0.173. The Balaban J connectivity index is 2.12. The molecule has 0 aliphatic heterocycles. The molecule has 1 heterocycles. The molecule has 2 atom stereocenters. The average Bonchev–Trinajstić information content (AvgIpc) is 2.77. The van der Waals surface area contributed by atoms with E-state index in [4.69, 9.17) is 0 Å². The van der Waals surface area contributed by atoms with Crippen LogP contribution in [0.1, 0.15) is 25.7 Å². The first-order chi connectivity index (χ1) is 8.53. The molecule has 1 saturated carbocycles. The number of aryl methyl sites for hydroxylation is 1. The number of aromatic nitrogens is 2. The van der Waals surface area contributed by atoms with Crippen molar-refractivity contribution in [1.82, 2.24) is 14.5 Å². The van der Waals surface area contributed by atoms with Gasteiger partial charge in [0.2, 0.25) is 10.0 Å². The Hall–Kier alpha value is -0.920. The second kappa shape index (κ2) is 5.38. The van der Waals surface area contributed by atoms with Crippen LogP contribution in [0.15, 0.2) is 17.3 Å². The van der Waals surface area contributed by atoms with E-state index in [-0.39, 0.29) is 23.5 Å². The molecule has 1 aromatic heterocycles. The maximum atomic E-state index is 12.1. The first kappa shape index (κ1) is 13.5. The summed E-state index contributed by atoms with van der Waals surface area (Å²) < 4.78 is 28.4. The number of hydrogen-bond donors (Lipinski definition) is 2. The van der Waals surface area contributed by atoms with Gasteiger partial charge >= 0.3 is 0 Å². The molecule has 1 aliphatic carbocycles. The number of aliphatic hydroxyl groups is 1. The van der Waals surface area contributed by atoms with Crippen molar-refractivity contribution in [2.24, 2.45) is 13.0 Å². The van der Waals surface area contributed by atoms with Crippen LogP contribution in [0.4, 0.5) is 0 Å². The van der Waals surface area contributed by atoms with Gasteiger partial charge in [0.25, 0.3) is 0 Å². The zero-order valence-electron chi connectivity index (χ0n) is 10.4. The highest BCUT2D eigenvalue weighted by Gasteiger charge is 2.29. The van der Waals surface area contributed by atoms with Crippen LogP contribution in [-0.2, 0) is 17.1 Å². The first-order valence-electron chi connectivity index (χ1n) is 6.15. The predicted molar refractivity (Wildman–Crippen MR) is 66.4 cm³/mol. The minimum absolute atomic E-state index is 0.0187. The summed E-state index contributed by atoms with van der Waals surface area (Å²) in [6, 6.07) is -0.172. The Labute approximate surface area is 107 Å². The normalized spacial score (nSPS) is 25.2. The summed E-state index contributed by atoms with van der Waals surface area (Å²) in [7, 11) is -1.85. The predicted octanol–water partition coefficient (Wildman–Crippen LogP) is 0.249. The van der Waals surface area contributed by atoms with Crippen molar-refractivity contribution in [3.05, 3.63) is 12.4 Å². The standard InChI is InChI=1S/C11H19N3O3S/c1-14-7-10(6-12-14)18(16,17)13-11-5-3-2-4-9(11)8-15/h6-7,9,11,13,15H,2-5,8H2,1H3. The average molecular weight is 273 g/mol. The van der Waals surface area contributed by atoms with Gasteiger partial charge in [-0.2, -0.15) is 5.10 Å². The van der Waals surface area contributed by atoms with Gasteiger partial charge in [-0.15, -0.1) is 0 Å². The molecule has 1 fully saturated rings. The van der Waals surface area contributed by atoms with Crippen LogP contribution in [0.5, 0.6) is 0 Å². The summed E-state index contributed by atoms with van der Waals surface area (Å²) in [5, 5.41) is 13.1. The molecule has 0 radical (unpaired) electrons. The highest BCUT2D eigenvalue weighted by molar-refractivity contribution is 7.89. The van der Waals surface area contributed by atoms with Crippen LogP contribution in [0.3, 0.4) is 0 Å². The second-order valence-corrected chi connectivity index (χ2v) is 6.52. The van der Waals surface area contributed by atoms with E-state index in [0.717, 1.165) is 25.7 Å². The van der Waals surface area contributed by atoms with Crippen LogP contribution in [-0.4, -0.2) is 36.0 Å². The van der Waals surface area contributed by atoms with Gasteiger partial charge in [-0.05, 0) is 18.8 Å². The molecular formula is C11H19N3O3S. The fraction of sp³-hybridized carbons (Fsp3) is 0.727. The number of hydrogen-bond acceptors (Lipinski definition) is 4. The van der Waals surface area contributed by atoms with Crippen LogP contribution in [0.2, 0.25) is 0 Å². The lowest BCUT2D eigenvalue weighted by atomic mass is 9.86. The molecule has 0 aromatic carbocycles. The van der Waals surface area contributed by atoms with Crippen molar-refractivity contribution in [3.8, 4) is 0 Å². The van der Waals surface area contributed by atoms with E-state index < -0.39 is 10.0 Å². The van der Waals surface area contributed by atoms with Crippen molar-refractivity contribution in [2.75, 3.05) is 6.61 Å². The van der Waals surface area contributed by atoms with Gasteiger partial charge in [0.15, 0.2) is 0 Å². The largest absolute Gasteiger partial charge is 0.396 e. The van der Waals surface area contributed by atoms with Crippen LogP contribution in [0, 0.1) is 5.92 Å². The van der Waals surface area contributed by atoms with E-state index in [1.54, 1.807) is 7.05 Å². The lowest BCUT2D eigenvalue weighted by Crippen LogP contribution is -2.43. The Morgan fingerprint density at radius 1 is 1.50 bits per heavy atom. The van der Waals surface area contributed by atoms with Crippen molar-refractivity contribution in [3.63, 3.8) is 0 Å². The van der Waals surface area contributed by atoms with Gasteiger partial charge in [-0.25, -0.2) is 13.1 Å². The SMILES string of the molecule is Cn1cc(S(=O)(=O)NC2CCCCC2CO)cn1. The highest BCUT2D eigenvalue weighted by Crippen LogP contribution is 2.25. The molecule has 0 spiro atoms. The number of aliphatic hydroxyl groups excluding tert-OH is 1. The Kier molecular flexibility index (Phi) is 4.04. The summed E-state index contributed by atoms with van der Waals surface area (Å²) in [5.74, 6) is 0.0187. The van der Waals surface area contributed by atoms with Crippen molar-refractivity contribution >= 4 is 10.0 Å². The highest BCUT2D eigenvalue weighted by atomic mass is 32.2. The number of nitrogens with zero attached hydrogens (tertiary/aromatic N) is 2. The Morgan fingerprint density at radius 2 is 2.22 bits per heavy atom. The van der Waals surface area contributed by atoms with Gasteiger partial charge in [0, 0.05) is 25.9 Å². The monoisotopic (exact) mass is 273 g/mol. The van der Waals surface area contributed by atoms with Gasteiger partial charge in [0.05, 0.1) is 6.20 Å². The van der Waals surface area contributed by atoms with Crippen molar-refractivity contribution in [2.45, 2.75) is 36.6 Å². The molecule has 2 rings (SSSR count). The Morgan fingerprint density at radius 3 is 2.83 bits per heavy atom. The Bertz CT molecular complexity index is 497. The molecule has 6 nitrogen and oxygen atoms in total. The van der Waals surface area contributed by atoms with Crippen LogP contribution < -0.4 is 4.72 Å². The second-order valence-electron chi connectivity index (χ2n) is 4.80. The fourth-order valence-electron chi connectivity index (χ4n) is 2.39. The van der Waals surface area contributed by atoms with Crippen LogP contribution >= 0.6 is 0 Å². The third-order valence-electron chi connectivity index (χ3n) is 3.44. The van der Waals surface area contributed by atoms with E-state index in [0.29, 0.717) is 0 Å². The molecule has 0 amide bonds. The molecule has 1 aliphatic rings. The van der Waals surface area contributed by atoms with E-state index in [1.807, 2.05) is 0 Å². The maximum absolute atomic E-state index is 12.1. The molecule has 7 heteroatoms. The van der Waals surface area contributed by atoms with E-state index in [2.05, 4.69) is 9.82 Å². The van der Waals surface area contributed by atoms with Gasteiger partial charge in [-0.1, -0.05) is 12.8 Å². The lowest BCUT2D eigenvalue weighted by molar-refractivity contribution is 0.164. The van der Waals surface area contributed by atoms with E-state index >= 15 is 0 Å². The summed E-state index contributed by atoms with van der Waals surface area (Å²) in [5.41, 5.74) is 0. The molecule has 18 heavy (non-hydrogen) atoms. The van der Waals surface area contributed by atoms with E-state index in [1.165, 1.54) is 17.1 Å². The smallest absolute Gasteiger partial charge is 0.243 e. The van der Waals surface area contributed by atoms with E-state index in [9.17, 15) is 13.5 Å². The summed E-state index contributed by atoms with van der Waals surface area (Å²) >= 11 is 0. The zero-order valence-corrected chi connectivity index (χ0v) is 11.2. The molecular weight excluding hydrogens is 254 g/mol. The molecule has 1 aromatic rings. The third kappa shape index (κ3) is 2.90. The molecule has 0 saturated heterocycles. The molecule has 0 bridgehead atoms. The number of rotatable bonds is 4. The number of sulfonamides is 1. The molecule has 2 unspecified atom stereocenters. The van der Waals surface area contributed by atoms with Crippen LogP contribution in [0.25, 0.3) is 0 Å². The fourth-order valence-corrected chi connectivity index (χ4v) is 3.71. The lowest BCUT2D eigenvalue weighted by Gasteiger charge is -2.30. The number of nitrogens with one attached hydrogen (secondary N) is 1. The minimum atomic E-state index is -3.53. The van der Waals surface area contributed by atoms with Crippen molar-refractivity contribution < 1.29 is 13.5 Å².